The standard InChI is InChI=1S/C8H7NO2.C4H10S/c10-8(6-9-11)7-4-2-1-3-5-7;1-3-5-4-2/h1-6,11H;3-4H2,1-2H3. The van der Waals surface area contributed by atoms with Crippen molar-refractivity contribution in [3.63, 3.8) is 0 Å². The Labute approximate surface area is 101 Å². The Morgan fingerprint density at radius 2 is 1.88 bits per heavy atom. The first-order valence-corrected chi connectivity index (χ1v) is 6.26. The molecular weight excluding hydrogens is 222 g/mol. The van der Waals surface area contributed by atoms with Gasteiger partial charge >= 0.3 is 0 Å². The van der Waals surface area contributed by atoms with Crippen LogP contribution in [0.15, 0.2) is 35.5 Å². The summed E-state index contributed by atoms with van der Waals surface area (Å²) >= 11 is 1.96. The zero-order chi connectivity index (χ0) is 12.2. The molecule has 1 aromatic carbocycles. The van der Waals surface area contributed by atoms with E-state index in [1.165, 1.54) is 11.5 Å². The molecule has 0 radical (unpaired) electrons. The molecule has 0 aliphatic rings. The first-order chi connectivity index (χ1) is 7.76. The van der Waals surface area contributed by atoms with Crippen LogP contribution in [-0.2, 0) is 0 Å². The van der Waals surface area contributed by atoms with Gasteiger partial charge in [0.2, 0.25) is 5.78 Å². The molecule has 3 nitrogen and oxygen atoms in total. The lowest BCUT2D eigenvalue weighted by molar-refractivity contribution is 0.106. The number of oxime groups is 1. The summed E-state index contributed by atoms with van der Waals surface area (Å²) < 4.78 is 0. The third-order valence-electron chi connectivity index (χ3n) is 1.64. The van der Waals surface area contributed by atoms with Crippen LogP contribution in [0.2, 0.25) is 0 Å². The third kappa shape index (κ3) is 7.06. The highest BCUT2D eigenvalue weighted by Gasteiger charge is 1.98. The molecule has 0 aliphatic carbocycles. The molecule has 0 aliphatic heterocycles. The maximum atomic E-state index is 10.9. The van der Waals surface area contributed by atoms with Crippen LogP contribution >= 0.6 is 11.8 Å². The average Bonchev–Trinajstić information content (AvgIpc) is 2.32. The van der Waals surface area contributed by atoms with Gasteiger partial charge in [-0.2, -0.15) is 11.8 Å². The molecule has 0 saturated carbocycles. The second-order valence-electron chi connectivity index (χ2n) is 2.76. The first kappa shape index (κ1) is 14.7. The van der Waals surface area contributed by atoms with Crippen LogP contribution in [0.5, 0.6) is 0 Å². The lowest BCUT2D eigenvalue weighted by Gasteiger charge is -1.90. The van der Waals surface area contributed by atoms with Crippen LogP contribution in [0.25, 0.3) is 0 Å². The zero-order valence-electron chi connectivity index (χ0n) is 9.59. The summed E-state index contributed by atoms with van der Waals surface area (Å²) in [6, 6.07) is 8.62. The second-order valence-corrected chi connectivity index (χ2v) is 4.32. The highest BCUT2D eigenvalue weighted by Crippen LogP contribution is 1.97. The molecule has 0 spiro atoms. The van der Waals surface area contributed by atoms with Gasteiger partial charge in [-0.05, 0) is 11.5 Å². The molecular formula is C12H17NO2S. The van der Waals surface area contributed by atoms with Gasteiger partial charge in [0.1, 0.15) is 6.21 Å². The highest BCUT2D eigenvalue weighted by atomic mass is 32.2. The van der Waals surface area contributed by atoms with Crippen molar-refractivity contribution < 1.29 is 10.0 Å². The number of nitrogens with zero attached hydrogens (tertiary/aromatic N) is 1. The average molecular weight is 239 g/mol. The number of Topliss-reactive ketones (excluding diaryl/α,β-unsaturated/α-hetero) is 1. The van der Waals surface area contributed by atoms with Crippen LogP contribution < -0.4 is 0 Å². The Kier molecular flexibility index (Phi) is 9.41. The number of hydrogen-bond donors (Lipinski definition) is 1. The van der Waals surface area contributed by atoms with Crippen molar-refractivity contribution in [3.8, 4) is 0 Å². The van der Waals surface area contributed by atoms with E-state index >= 15 is 0 Å². The molecule has 1 N–H and O–H groups in total. The van der Waals surface area contributed by atoms with E-state index in [2.05, 4.69) is 19.0 Å². The van der Waals surface area contributed by atoms with Crippen molar-refractivity contribution in [2.75, 3.05) is 11.5 Å². The summed E-state index contributed by atoms with van der Waals surface area (Å²) in [6.07, 6.45) is 0.870. The molecule has 16 heavy (non-hydrogen) atoms. The molecule has 88 valence electrons. The van der Waals surface area contributed by atoms with Crippen molar-refractivity contribution >= 4 is 23.8 Å². The van der Waals surface area contributed by atoms with Gasteiger partial charge in [0, 0.05) is 5.56 Å². The predicted octanol–water partition coefficient (Wildman–Crippen LogP) is 3.09. The lowest BCUT2D eigenvalue weighted by Crippen LogP contribution is -1.98. The summed E-state index contributed by atoms with van der Waals surface area (Å²) in [5.74, 6) is 2.22. The van der Waals surface area contributed by atoms with Crippen LogP contribution in [0.4, 0.5) is 0 Å². The van der Waals surface area contributed by atoms with Crippen LogP contribution in [-0.4, -0.2) is 28.7 Å². The lowest BCUT2D eigenvalue weighted by atomic mass is 10.1. The summed E-state index contributed by atoms with van der Waals surface area (Å²) in [7, 11) is 0. The largest absolute Gasteiger partial charge is 0.411 e. The van der Waals surface area contributed by atoms with E-state index in [1.807, 2.05) is 17.8 Å². The number of hydrogen-bond acceptors (Lipinski definition) is 4. The summed E-state index contributed by atoms with van der Waals surface area (Å²) in [6.45, 7) is 4.35. The van der Waals surface area contributed by atoms with E-state index in [1.54, 1.807) is 24.3 Å². The van der Waals surface area contributed by atoms with Gasteiger partial charge in [0.25, 0.3) is 0 Å². The summed E-state index contributed by atoms with van der Waals surface area (Å²) in [4.78, 5) is 10.9. The third-order valence-corrected chi connectivity index (χ3v) is 2.46. The zero-order valence-corrected chi connectivity index (χ0v) is 10.4. The number of carbonyl (C=O) groups is 1. The van der Waals surface area contributed by atoms with Gasteiger partial charge in [-0.3, -0.25) is 4.79 Å². The molecule has 0 atom stereocenters. The molecule has 4 heteroatoms. The molecule has 0 fully saturated rings. The van der Waals surface area contributed by atoms with Crippen molar-refractivity contribution in [2.45, 2.75) is 13.8 Å². The van der Waals surface area contributed by atoms with Gasteiger partial charge in [0.05, 0.1) is 0 Å². The van der Waals surface area contributed by atoms with Gasteiger partial charge in [0.15, 0.2) is 0 Å². The van der Waals surface area contributed by atoms with E-state index < -0.39 is 0 Å². The fourth-order valence-corrected chi connectivity index (χ4v) is 1.34. The van der Waals surface area contributed by atoms with Crippen LogP contribution in [0.3, 0.4) is 0 Å². The fourth-order valence-electron chi connectivity index (χ4n) is 0.934. The summed E-state index contributed by atoms with van der Waals surface area (Å²) in [5.41, 5.74) is 0.519. The van der Waals surface area contributed by atoms with E-state index in [4.69, 9.17) is 5.21 Å². The molecule has 1 aromatic rings. The Balaban J connectivity index is 0.000000385. The van der Waals surface area contributed by atoms with E-state index in [0.29, 0.717) is 5.56 Å². The monoisotopic (exact) mass is 239 g/mol. The van der Waals surface area contributed by atoms with Crippen molar-refractivity contribution in [2.24, 2.45) is 5.16 Å². The Bertz CT molecular complexity index is 310. The van der Waals surface area contributed by atoms with E-state index in [9.17, 15) is 4.79 Å². The smallest absolute Gasteiger partial charge is 0.207 e. The molecule has 0 aromatic heterocycles. The minimum absolute atomic E-state index is 0.298. The van der Waals surface area contributed by atoms with Crippen LogP contribution in [0, 0.1) is 0 Å². The number of carbonyl (C=O) groups excluding carboxylic acids is 1. The predicted molar refractivity (Wildman–Crippen MR) is 69.7 cm³/mol. The molecule has 0 saturated heterocycles. The van der Waals surface area contributed by atoms with Gasteiger partial charge < -0.3 is 5.21 Å². The second kappa shape index (κ2) is 10.2. The number of thioether (sulfide) groups is 1. The molecule has 0 heterocycles. The number of ketones is 1. The molecule has 0 amide bonds. The normalized spacial score (nSPS) is 9.62. The fraction of sp³-hybridized carbons (Fsp3) is 0.333. The number of benzene rings is 1. The molecule has 0 unspecified atom stereocenters. The van der Waals surface area contributed by atoms with Crippen LogP contribution in [0.1, 0.15) is 24.2 Å². The van der Waals surface area contributed by atoms with Crippen molar-refractivity contribution in [3.05, 3.63) is 35.9 Å². The maximum absolute atomic E-state index is 10.9. The van der Waals surface area contributed by atoms with E-state index in [0.717, 1.165) is 6.21 Å². The Morgan fingerprint density at radius 3 is 2.25 bits per heavy atom. The SMILES string of the molecule is CCSCC.O=C(C=NO)c1ccccc1. The summed E-state index contributed by atoms with van der Waals surface area (Å²) in [5, 5.41) is 10.7. The Hall–Kier alpha value is -1.29. The van der Waals surface area contributed by atoms with Crippen molar-refractivity contribution in [1.82, 2.24) is 0 Å². The molecule has 0 bridgehead atoms. The topological polar surface area (TPSA) is 49.7 Å². The first-order valence-electron chi connectivity index (χ1n) is 5.10. The Morgan fingerprint density at radius 1 is 1.31 bits per heavy atom. The minimum Gasteiger partial charge on any atom is -0.411 e. The molecule has 1 rings (SSSR count). The quantitative estimate of drug-likeness (QED) is 0.380. The highest BCUT2D eigenvalue weighted by molar-refractivity contribution is 7.99. The minimum atomic E-state index is -0.298. The van der Waals surface area contributed by atoms with Gasteiger partial charge in [-0.25, -0.2) is 0 Å². The van der Waals surface area contributed by atoms with Gasteiger partial charge in [-0.15, -0.1) is 0 Å². The van der Waals surface area contributed by atoms with Gasteiger partial charge in [-0.1, -0.05) is 49.3 Å². The number of rotatable bonds is 4. The maximum Gasteiger partial charge on any atom is 0.207 e. The van der Waals surface area contributed by atoms with E-state index in [-0.39, 0.29) is 5.78 Å². The van der Waals surface area contributed by atoms with Crippen molar-refractivity contribution in [1.29, 1.82) is 0 Å².